The molecule has 2 aromatic carbocycles. The molecule has 2 aromatic rings. The molecule has 0 unspecified atom stereocenters. The highest BCUT2D eigenvalue weighted by Gasteiger charge is 2.38. The molecule has 1 heterocycles. The van der Waals surface area contributed by atoms with Gasteiger partial charge in [-0.25, -0.2) is 9.79 Å². The number of carbonyl (C=O) groups is 2. The summed E-state index contributed by atoms with van der Waals surface area (Å²) >= 11 is 0. The molecular formula is C16H9NO3. The van der Waals surface area contributed by atoms with Gasteiger partial charge in [0.25, 0.3) is 5.91 Å². The second-order valence-electron chi connectivity index (χ2n) is 4.72. The molecule has 0 bridgehead atoms. The second-order valence-corrected chi connectivity index (χ2v) is 4.72. The minimum absolute atomic E-state index is 0.0335. The summed E-state index contributed by atoms with van der Waals surface area (Å²) in [6, 6.07) is 11.7. The van der Waals surface area contributed by atoms with Crippen LogP contribution >= 0.6 is 0 Å². The lowest BCUT2D eigenvalue weighted by atomic mass is 10.0. The summed E-state index contributed by atoms with van der Waals surface area (Å²) in [6.45, 7) is 0. The molecule has 2 aliphatic rings. The molecule has 0 saturated heterocycles. The average Bonchev–Trinajstić information content (AvgIpc) is 2.96. The number of hydrogen-bond donors (Lipinski definition) is 0. The molecular weight excluding hydrogens is 254 g/mol. The van der Waals surface area contributed by atoms with Crippen LogP contribution < -0.4 is 0 Å². The van der Waals surface area contributed by atoms with Crippen LogP contribution in [0.4, 0.5) is 0 Å². The van der Waals surface area contributed by atoms with Crippen molar-refractivity contribution >= 4 is 33.9 Å². The monoisotopic (exact) mass is 263 g/mol. The van der Waals surface area contributed by atoms with Crippen molar-refractivity contribution in [2.45, 2.75) is 0 Å². The zero-order chi connectivity index (χ0) is 13.9. The van der Waals surface area contributed by atoms with E-state index in [2.05, 4.69) is 4.99 Å². The molecule has 4 nitrogen and oxygen atoms in total. The first-order chi connectivity index (χ1) is 9.72. The van der Waals surface area contributed by atoms with Crippen LogP contribution in [0.5, 0.6) is 0 Å². The molecule has 1 aliphatic heterocycles. The van der Waals surface area contributed by atoms with E-state index < -0.39 is 11.9 Å². The molecule has 4 heteroatoms. The van der Waals surface area contributed by atoms with Crippen molar-refractivity contribution in [1.29, 1.82) is 0 Å². The number of hydrogen-bond acceptors (Lipinski definition) is 3. The van der Waals surface area contributed by atoms with Crippen LogP contribution in [0.15, 0.2) is 47.0 Å². The van der Waals surface area contributed by atoms with Crippen molar-refractivity contribution < 1.29 is 14.3 Å². The SMILES string of the molecule is COC(=O)C1=C2C(=NC1=O)c1cccc3cccc2c13. The maximum absolute atomic E-state index is 12.0. The van der Waals surface area contributed by atoms with E-state index >= 15 is 0 Å². The molecule has 0 atom stereocenters. The van der Waals surface area contributed by atoms with Gasteiger partial charge in [-0.15, -0.1) is 0 Å². The van der Waals surface area contributed by atoms with Gasteiger partial charge in [-0.1, -0.05) is 36.4 Å². The van der Waals surface area contributed by atoms with Crippen LogP contribution in [0.25, 0.3) is 16.3 Å². The molecule has 0 fully saturated rings. The van der Waals surface area contributed by atoms with E-state index in [1.807, 2.05) is 36.4 Å². The van der Waals surface area contributed by atoms with Crippen LogP contribution in [-0.4, -0.2) is 24.7 Å². The van der Waals surface area contributed by atoms with E-state index in [1.165, 1.54) is 7.11 Å². The number of benzene rings is 2. The Kier molecular flexibility index (Phi) is 2.02. The highest BCUT2D eigenvalue weighted by Crippen LogP contribution is 2.42. The Morgan fingerprint density at radius 2 is 1.80 bits per heavy atom. The number of allylic oxidation sites excluding steroid dienone is 1. The largest absolute Gasteiger partial charge is 0.465 e. The fourth-order valence-electron chi connectivity index (χ4n) is 2.93. The Hall–Kier alpha value is -2.75. The van der Waals surface area contributed by atoms with Crippen molar-refractivity contribution in [2.24, 2.45) is 4.99 Å². The van der Waals surface area contributed by atoms with Crippen molar-refractivity contribution in [1.82, 2.24) is 0 Å². The van der Waals surface area contributed by atoms with Gasteiger partial charge in [0.05, 0.1) is 12.8 Å². The van der Waals surface area contributed by atoms with E-state index in [1.54, 1.807) is 0 Å². The van der Waals surface area contributed by atoms with E-state index in [-0.39, 0.29) is 5.57 Å². The lowest BCUT2D eigenvalue weighted by Gasteiger charge is -2.03. The number of esters is 1. The predicted octanol–water partition coefficient (Wildman–Crippen LogP) is 2.11. The van der Waals surface area contributed by atoms with Gasteiger partial charge in [0.15, 0.2) is 0 Å². The minimum atomic E-state index is -0.631. The first kappa shape index (κ1) is 11.1. The topological polar surface area (TPSA) is 55.7 Å². The molecule has 0 radical (unpaired) electrons. The van der Waals surface area contributed by atoms with Crippen LogP contribution in [0.2, 0.25) is 0 Å². The Labute approximate surface area is 114 Å². The summed E-state index contributed by atoms with van der Waals surface area (Å²) in [5.41, 5.74) is 3.01. The van der Waals surface area contributed by atoms with Crippen LogP contribution in [0.3, 0.4) is 0 Å². The molecule has 1 aliphatic carbocycles. The van der Waals surface area contributed by atoms with Crippen molar-refractivity contribution in [3.63, 3.8) is 0 Å². The Bertz CT molecular complexity index is 869. The smallest absolute Gasteiger partial charge is 0.344 e. The highest BCUT2D eigenvalue weighted by atomic mass is 16.5. The van der Waals surface area contributed by atoms with Gasteiger partial charge in [-0.2, -0.15) is 0 Å². The van der Waals surface area contributed by atoms with E-state index in [4.69, 9.17) is 4.74 Å². The zero-order valence-corrected chi connectivity index (χ0v) is 10.6. The summed E-state index contributed by atoms with van der Waals surface area (Å²) in [7, 11) is 1.27. The van der Waals surface area contributed by atoms with Crippen molar-refractivity contribution in [2.75, 3.05) is 7.11 Å². The zero-order valence-electron chi connectivity index (χ0n) is 10.6. The van der Waals surface area contributed by atoms with Crippen LogP contribution in [0.1, 0.15) is 11.1 Å². The maximum atomic E-state index is 12.0. The number of rotatable bonds is 1. The van der Waals surface area contributed by atoms with Gasteiger partial charge in [-0.3, -0.25) is 4.79 Å². The van der Waals surface area contributed by atoms with Gasteiger partial charge in [-0.05, 0) is 16.3 Å². The van der Waals surface area contributed by atoms with Gasteiger partial charge in [0.1, 0.15) is 5.57 Å². The van der Waals surface area contributed by atoms with E-state index in [0.29, 0.717) is 11.3 Å². The normalized spacial score (nSPS) is 15.7. The summed E-state index contributed by atoms with van der Waals surface area (Å²) < 4.78 is 4.72. The van der Waals surface area contributed by atoms with Gasteiger partial charge in [0.2, 0.25) is 0 Å². The third-order valence-electron chi connectivity index (χ3n) is 3.73. The Morgan fingerprint density at radius 1 is 1.10 bits per heavy atom. The first-order valence-electron chi connectivity index (χ1n) is 6.21. The quantitative estimate of drug-likeness (QED) is 0.585. The molecule has 4 rings (SSSR count). The summed E-state index contributed by atoms with van der Waals surface area (Å²) in [5, 5.41) is 2.11. The lowest BCUT2D eigenvalue weighted by Crippen LogP contribution is -2.11. The molecule has 1 amide bonds. The summed E-state index contributed by atoms with van der Waals surface area (Å²) in [5.74, 6) is -1.15. The first-order valence-corrected chi connectivity index (χ1v) is 6.21. The Balaban J connectivity index is 2.15. The summed E-state index contributed by atoms with van der Waals surface area (Å²) in [4.78, 5) is 27.9. The van der Waals surface area contributed by atoms with Crippen molar-refractivity contribution in [3.8, 4) is 0 Å². The number of fused-ring (bicyclic) bond motifs is 3. The third-order valence-corrected chi connectivity index (χ3v) is 3.73. The lowest BCUT2D eigenvalue weighted by molar-refractivity contribution is -0.137. The molecule has 96 valence electrons. The highest BCUT2D eigenvalue weighted by molar-refractivity contribution is 6.53. The van der Waals surface area contributed by atoms with E-state index in [0.717, 1.165) is 21.9 Å². The van der Waals surface area contributed by atoms with Gasteiger partial charge in [0, 0.05) is 11.1 Å². The van der Waals surface area contributed by atoms with E-state index in [9.17, 15) is 9.59 Å². The average molecular weight is 263 g/mol. The molecule has 0 saturated carbocycles. The third kappa shape index (κ3) is 1.18. The number of amides is 1. The number of aliphatic imine (C=N–C) groups is 1. The fraction of sp³-hybridized carbons (Fsp3) is 0.0625. The maximum Gasteiger partial charge on any atom is 0.344 e. The minimum Gasteiger partial charge on any atom is -0.465 e. The molecule has 0 aromatic heterocycles. The number of carbonyl (C=O) groups excluding carboxylic acids is 2. The molecule has 0 spiro atoms. The van der Waals surface area contributed by atoms with Gasteiger partial charge >= 0.3 is 5.97 Å². The number of nitrogens with zero attached hydrogens (tertiary/aromatic N) is 1. The van der Waals surface area contributed by atoms with Crippen molar-refractivity contribution in [3.05, 3.63) is 53.1 Å². The van der Waals surface area contributed by atoms with Gasteiger partial charge < -0.3 is 4.74 Å². The standard InChI is InChI=1S/C16H9NO3/c1-20-16(19)13-12-9-6-2-4-8-5-3-7-10(11(8)9)14(12)17-15(13)18/h2-7H,1H3. The molecule has 20 heavy (non-hydrogen) atoms. The fourth-order valence-corrected chi connectivity index (χ4v) is 2.93. The van der Waals surface area contributed by atoms with Crippen LogP contribution in [-0.2, 0) is 14.3 Å². The Morgan fingerprint density at radius 3 is 2.50 bits per heavy atom. The predicted molar refractivity (Wildman–Crippen MR) is 74.4 cm³/mol. The second kappa shape index (κ2) is 3.63. The molecule has 0 N–H and O–H groups in total. The summed E-state index contributed by atoms with van der Waals surface area (Å²) in [6.07, 6.45) is 0. The number of ether oxygens (including phenoxy) is 1. The van der Waals surface area contributed by atoms with Crippen LogP contribution in [0, 0.1) is 0 Å². The number of methoxy groups -OCH3 is 1.